The van der Waals surface area contributed by atoms with Gasteiger partial charge in [-0.1, -0.05) is 12.8 Å². The fourth-order valence-corrected chi connectivity index (χ4v) is 1.96. The summed E-state index contributed by atoms with van der Waals surface area (Å²) in [6.45, 7) is 0. The van der Waals surface area contributed by atoms with Gasteiger partial charge in [0.15, 0.2) is 0 Å². The van der Waals surface area contributed by atoms with Gasteiger partial charge in [0, 0.05) is 6.04 Å². The molecule has 74 valence electrons. The van der Waals surface area contributed by atoms with Crippen LogP contribution in [0.4, 0.5) is 0 Å². The second-order valence-corrected chi connectivity index (χ2v) is 3.41. The van der Waals surface area contributed by atoms with Crippen LogP contribution in [-0.2, 0) is 9.59 Å². The number of hydrogen-bond donors (Lipinski definition) is 2. The van der Waals surface area contributed by atoms with Gasteiger partial charge in [-0.05, 0) is 19.9 Å². The lowest BCUT2D eigenvalue weighted by Crippen LogP contribution is -2.44. The molecule has 0 aliphatic heterocycles. The van der Waals surface area contributed by atoms with Gasteiger partial charge in [0.05, 0.1) is 5.92 Å². The van der Waals surface area contributed by atoms with Crippen LogP contribution in [0.1, 0.15) is 25.7 Å². The van der Waals surface area contributed by atoms with E-state index in [9.17, 15) is 9.59 Å². The van der Waals surface area contributed by atoms with E-state index < -0.39 is 0 Å². The first-order valence-corrected chi connectivity index (χ1v) is 4.71. The van der Waals surface area contributed by atoms with Crippen molar-refractivity contribution in [2.75, 3.05) is 7.05 Å². The van der Waals surface area contributed by atoms with Crippen LogP contribution in [0.25, 0.3) is 0 Å². The van der Waals surface area contributed by atoms with Crippen LogP contribution in [-0.4, -0.2) is 25.4 Å². The van der Waals surface area contributed by atoms with Gasteiger partial charge in [-0.2, -0.15) is 0 Å². The number of imide groups is 1. The number of amides is 2. The minimum Gasteiger partial charge on any atom is -0.316 e. The topological polar surface area (TPSA) is 58.2 Å². The summed E-state index contributed by atoms with van der Waals surface area (Å²) in [4.78, 5) is 21.5. The Labute approximate surface area is 78.1 Å². The number of carbonyl (C=O) groups is 2. The lowest BCUT2D eigenvalue weighted by molar-refractivity contribution is -0.129. The summed E-state index contributed by atoms with van der Waals surface area (Å²) in [5.41, 5.74) is 0. The van der Waals surface area contributed by atoms with E-state index in [0.717, 1.165) is 25.7 Å². The molecule has 1 rings (SSSR count). The summed E-state index contributed by atoms with van der Waals surface area (Å²) in [5.74, 6) is -0.182. The Balaban J connectivity index is 2.52. The van der Waals surface area contributed by atoms with Gasteiger partial charge in [-0.15, -0.1) is 0 Å². The van der Waals surface area contributed by atoms with E-state index in [1.165, 1.54) is 0 Å². The van der Waals surface area contributed by atoms with Gasteiger partial charge in [-0.3, -0.25) is 14.9 Å². The van der Waals surface area contributed by atoms with Crippen LogP contribution >= 0.6 is 0 Å². The highest BCUT2D eigenvalue weighted by Gasteiger charge is 2.29. The van der Waals surface area contributed by atoms with Crippen LogP contribution in [0.3, 0.4) is 0 Å². The maximum atomic E-state index is 11.4. The normalized spacial score (nSPS) is 28.1. The third-order valence-electron chi connectivity index (χ3n) is 2.67. The molecular weight excluding hydrogens is 168 g/mol. The fraction of sp³-hybridized carbons (Fsp3) is 0.778. The Hall–Kier alpha value is -0.900. The lowest BCUT2D eigenvalue weighted by atomic mass is 9.84. The van der Waals surface area contributed by atoms with Gasteiger partial charge >= 0.3 is 0 Å². The summed E-state index contributed by atoms with van der Waals surface area (Å²) < 4.78 is 0. The maximum Gasteiger partial charge on any atom is 0.231 e. The molecule has 2 N–H and O–H groups in total. The van der Waals surface area contributed by atoms with Crippen molar-refractivity contribution in [1.82, 2.24) is 10.6 Å². The van der Waals surface area contributed by atoms with Gasteiger partial charge in [-0.25, -0.2) is 0 Å². The molecule has 0 heterocycles. The van der Waals surface area contributed by atoms with Crippen molar-refractivity contribution in [3.8, 4) is 0 Å². The summed E-state index contributed by atoms with van der Waals surface area (Å²) in [5, 5.41) is 5.34. The molecule has 4 nitrogen and oxygen atoms in total. The molecule has 0 aromatic rings. The SMILES string of the molecule is CNC1CCCCC1C(=O)NC=O. The highest BCUT2D eigenvalue weighted by Crippen LogP contribution is 2.24. The van der Waals surface area contributed by atoms with E-state index in [1.54, 1.807) is 0 Å². The van der Waals surface area contributed by atoms with Crippen LogP contribution in [0, 0.1) is 5.92 Å². The zero-order chi connectivity index (χ0) is 9.68. The van der Waals surface area contributed by atoms with Crippen molar-refractivity contribution in [2.45, 2.75) is 31.7 Å². The average molecular weight is 184 g/mol. The quantitative estimate of drug-likeness (QED) is 0.609. The van der Waals surface area contributed by atoms with E-state index in [1.807, 2.05) is 7.05 Å². The van der Waals surface area contributed by atoms with Gasteiger partial charge < -0.3 is 5.32 Å². The molecule has 1 saturated carbocycles. The Morgan fingerprint density at radius 3 is 2.69 bits per heavy atom. The number of nitrogens with one attached hydrogen (secondary N) is 2. The third kappa shape index (κ3) is 2.52. The van der Waals surface area contributed by atoms with Crippen LogP contribution in [0.5, 0.6) is 0 Å². The van der Waals surface area contributed by atoms with Crippen LogP contribution < -0.4 is 10.6 Å². The molecule has 0 bridgehead atoms. The smallest absolute Gasteiger partial charge is 0.231 e. The third-order valence-corrected chi connectivity index (χ3v) is 2.67. The van der Waals surface area contributed by atoms with Crippen molar-refractivity contribution in [3.05, 3.63) is 0 Å². The summed E-state index contributed by atoms with van der Waals surface area (Å²) in [7, 11) is 1.86. The van der Waals surface area contributed by atoms with Gasteiger partial charge in [0.1, 0.15) is 0 Å². The van der Waals surface area contributed by atoms with Crippen molar-refractivity contribution in [1.29, 1.82) is 0 Å². The predicted molar refractivity (Wildman–Crippen MR) is 49.0 cm³/mol. The highest BCUT2D eigenvalue weighted by molar-refractivity contribution is 5.88. The summed E-state index contributed by atoms with van der Waals surface area (Å²) in [6.07, 6.45) is 4.60. The molecule has 0 radical (unpaired) electrons. The Morgan fingerprint density at radius 1 is 1.38 bits per heavy atom. The fourth-order valence-electron chi connectivity index (χ4n) is 1.96. The van der Waals surface area contributed by atoms with E-state index >= 15 is 0 Å². The van der Waals surface area contributed by atoms with Crippen molar-refractivity contribution < 1.29 is 9.59 Å². The van der Waals surface area contributed by atoms with E-state index in [0.29, 0.717) is 6.41 Å². The monoisotopic (exact) mass is 184 g/mol. The average Bonchev–Trinajstić information content (AvgIpc) is 2.18. The second-order valence-electron chi connectivity index (χ2n) is 3.41. The van der Waals surface area contributed by atoms with Gasteiger partial charge in [0.25, 0.3) is 0 Å². The predicted octanol–water partition coefficient (Wildman–Crippen LogP) is 0.0372. The number of carbonyl (C=O) groups excluding carboxylic acids is 2. The molecule has 2 atom stereocenters. The summed E-state index contributed by atoms with van der Waals surface area (Å²) in [6, 6.07) is 0.230. The second kappa shape index (κ2) is 4.97. The molecule has 1 aliphatic rings. The van der Waals surface area contributed by atoms with E-state index in [-0.39, 0.29) is 17.9 Å². The molecule has 2 unspecified atom stereocenters. The Bertz CT molecular complexity index is 194. The largest absolute Gasteiger partial charge is 0.316 e. The molecule has 2 amide bonds. The van der Waals surface area contributed by atoms with Crippen molar-refractivity contribution >= 4 is 12.3 Å². The molecule has 0 aromatic heterocycles. The molecular formula is C9H16N2O2. The van der Waals surface area contributed by atoms with Crippen LogP contribution in [0.2, 0.25) is 0 Å². The zero-order valence-corrected chi connectivity index (χ0v) is 7.88. The molecule has 0 aromatic carbocycles. The minimum atomic E-state index is -0.144. The molecule has 13 heavy (non-hydrogen) atoms. The standard InChI is InChI=1S/C9H16N2O2/c1-10-8-5-3-2-4-7(8)9(13)11-6-12/h6-8,10H,2-5H2,1H3,(H,11,12,13). The van der Waals surface area contributed by atoms with Gasteiger partial charge in [0.2, 0.25) is 12.3 Å². The highest BCUT2D eigenvalue weighted by atomic mass is 16.2. The molecule has 1 fully saturated rings. The number of rotatable bonds is 3. The van der Waals surface area contributed by atoms with E-state index in [2.05, 4.69) is 10.6 Å². The summed E-state index contributed by atoms with van der Waals surface area (Å²) >= 11 is 0. The van der Waals surface area contributed by atoms with Crippen molar-refractivity contribution in [3.63, 3.8) is 0 Å². The Morgan fingerprint density at radius 2 is 2.08 bits per heavy atom. The first kappa shape index (κ1) is 10.2. The first-order chi connectivity index (χ1) is 6.29. The molecule has 1 aliphatic carbocycles. The minimum absolute atomic E-state index is 0.0380. The zero-order valence-electron chi connectivity index (χ0n) is 7.88. The van der Waals surface area contributed by atoms with Crippen LogP contribution in [0.15, 0.2) is 0 Å². The Kier molecular flexibility index (Phi) is 3.89. The van der Waals surface area contributed by atoms with Crippen molar-refractivity contribution in [2.24, 2.45) is 5.92 Å². The molecule has 0 saturated heterocycles. The molecule has 4 heteroatoms. The maximum absolute atomic E-state index is 11.4. The first-order valence-electron chi connectivity index (χ1n) is 4.71. The number of hydrogen-bond acceptors (Lipinski definition) is 3. The lowest BCUT2D eigenvalue weighted by Gasteiger charge is -2.29. The molecule has 0 spiro atoms. The van der Waals surface area contributed by atoms with E-state index in [4.69, 9.17) is 0 Å².